The maximum atomic E-state index is 14.1. The summed E-state index contributed by atoms with van der Waals surface area (Å²) in [4.78, 5) is 4.77. The van der Waals surface area contributed by atoms with Gasteiger partial charge in [-0.1, -0.05) is 18.2 Å². The minimum atomic E-state index is -3.25. The molecule has 4 rings (SSSR count). The number of hydrogen-bond acceptors (Lipinski definition) is 4. The number of hydrogen-bond donors (Lipinski definition) is 0. The van der Waals surface area contributed by atoms with Gasteiger partial charge in [-0.15, -0.1) is 0 Å². The van der Waals surface area contributed by atoms with Crippen LogP contribution in [-0.4, -0.2) is 31.2 Å². The highest BCUT2D eigenvalue weighted by Gasteiger charge is 2.13. The van der Waals surface area contributed by atoms with Crippen LogP contribution in [-0.2, 0) is 9.84 Å². The number of ether oxygens (including phenoxy) is 1. The maximum absolute atomic E-state index is 14.1. The molecule has 0 N–H and O–H groups in total. The van der Waals surface area contributed by atoms with E-state index in [-0.39, 0.29) is 10.6 Å². The molecule has 0 aliphatic rings. The second-order valence-corrected chi connectivity index (χ2v) is 8.42. The lowest BCUT2D eigenvalue weighted by Gasteiger charge is -2.08. The summed E-state index contributed by atoms with van der Waals surface area (Å²) in [6.45, 7) is 0. The van der Waals surface area contributed by atoms with Crippen LogP contribution >= 0.6 is 0 Å². The largest absolute Gasteiger partial charge is 0.494 e. The van der Waals surface area contributed by atoms with Crippen molar-refractivity contribution in [2.24, 2.45) is 0 Å². The molecule has 5 nitrogen and oxygen atoms in total. The van der Waals surface area contributed by atoms with E-state index in [0.717, 1.165) is 16.8 Å². The minimum absolute atomic E-state index is 0.186. The maximum Gasteiger partial charge on any atom is 0.175 e. The van der Waals surface area contributed by atoms with Gasteiger partial charge in [-0.25, -0.2) is 17.8 Å². The molecule has 0 bridgehead atoms. The molecule has 0 unspecified atom stereocenters. The number of benzene rings is 2. The summed E-state index contributed by atoms with van der Waals surface area (Å²) in [6, 6.07) is 15.2. The number of rotatable bonds is 4. The van der Waals surface area contributed by atoms with Crippen molar-refractivity contribution in [2.45, 2.75) is 4.90 Å². The first-order valence-electron chi connectivity index (χ1n) is 8.49. The standard InChI is InChI=1S/C21H17FN2O3S/c1-27-20-10-7-15(12-18(20)22)17-4-3-11-24-19(13-23-21(17)24)14-5-8-16(9-6-14)28(2,25)26/h3-13H,1-2H3. The van der Waals surface area contributed by atoms with Crippen molar-refractivity contribution in [1.29, 1.82) is 0 Å². The van der Waals surface area contributed by atoms with E-state index >= 15 is 0 Å². The molecular weight excluding hydrogens is 379 g/mol. The first kappa shape index (κ1) is 18.2. The molecular formula is C21H17FN2O3S. The van der Waals surface area contributed by atoms with Gasteiger partial charge in [-0.3, -0.25) is 4.40 Å². The van der Waals surface area contributed by atoms with Crippen molar-refractivity contribution in [2.75, 3.05) is 13.4 Å². The van der Waals surface area contributed by atoms with Gasteiger partial charge in [0.25, 0.3) is 0 Å². The van der Waals surface area contributed by atoms with E-state index in [4.69, 9.17) is 4.74 Å². The zero-order valence-corrected chi connectivity index (χ0v) is 16.1. The van der Waals surface area contributed by atoms with Crippen LogP contribution in [0.3, 0.4) is 0 Å². The Balaban J connectivity index is 1.82. The summed E-state index contributed by atoms with van der Waals surface area (Å²) in [5.41, 5.74) is 3.79. The number of imidazole rings is 1. The van der Waals surface area contributed by atoms with Gasteiger partial charge in [0, 0.05) is 23.6 Å². The highest BCUT2D eigenvalue weighted by Crippen LogP contribution is 2.31. The second-order valence-electron chi connectivity index (χ2n) is 6.40. The molecule has 2 aromatic carbocycles. The molecule has 0 atom stereocenters. The molecule has 2 heterocycles. The van der Waals surface area contributed by atoms with Gasteiger partial charge in [-0.05, 0) is 42.0 Å². The molecule has 0 aliphatic carbocycles. The molecule has 0 fully saturated rings. The third-order valence-electron chi connectivity index (χ3n) is 4.58. The van der Waals surface area contributed by atoms with Crippen LogP contribution in [0.5, 0.6) is 5.75 Å². The van der Waals surface area contributed by atoms with Crippen molar-refractivity contribution >= 4 is 15.5 Å². The summed E-state index contributed by atoms with van der Waals surface area (Å²) in [5.74, 6) is -0.254. The lowest BCUT2D eigenvalue weighted by molar-refractivity contribution is 0.386. The summed E-state index contributed by atoms with van der Waals surface area (Å²) in [5, 5.41) is 0. The molecule has 4 aromatic rings. The quantitative estimate of drug-likeness (QED) is 0.518. The predicted octanol–water partition coefficient (Wildman–Crippen LogP) is 4.22. The first-order chi connectivity index (χ1) is 13.4. The van der Waals surface area contributed by atoms with Crippen LogP contribution in [0, 0.1) is 5.82 Å². The Morgan fingerprint density at radius 3 is 2.39 bits per heavy atom. The Morgan fingerprint density at radius 2 is 1.75 bits per heavy atom. The van der Waals surface area contributed by atoms with Gasteiger partial charge in [0.2, 0.25) is 0 Å². The van der Waals surface area contributed by atoms with Crippen molar-refractivity contribution < 1.29 is 17.5 Å². The van der Waals surface area contributed by atoms with E-state index in [1.165, 1.54) is 19.4 Å². The third kappa shape index (κ3) is 3.14. The van der Waals surface area contributed by atoms with E-state index < -0.39 is 15.7 Å². The Bertz CT molecular complexity index is 1280. The molecule has 2 aromatic heterocycles. The Kier molecular flexibility index (Phi) is 4.39. The highest BCUT2D eigenvalue weighted by atomic mass is 32.2. The number of methoxy groups -OCH3 is 1. The smallest absolute Gasteiger partial charge is 0.175 e. The fourth-order valence-electron chi connectivity index (χ4n) is 3.16. The van der Waals surface area contributed by atoms with Crippen molar-refractivity contribution in [3.8, 4) is 28.1 Å². The lowest BCUT2D eigenvalue weighted by Crippen LogP contribution is -1.96. The first-order valence-corrected chi connectivity index (χ1v) is 10.4. The molecule has 0 radical (unpaired) electrons. The molecule has 28 heavy (non-hydrogen) atoms. The number of pyridine rings is 1. The Hall–Kier alpha value is -3.19. The predicted molar refractivity (Wildman–Crippen MR) is 106 cm³/mol. The van der Waals surface area contributed by atoms with Gasteiger partial charge in [0.1, 0.15) is 5.65 Å². The molecule has 0 saturated carbocycles. The average molecular weight is 396 g/mol. The summed E-state index contributed by atoms with van der Waals surface area (Å²) in [6.07, 6.45) is 4.76. The van der Waals surface area contributed by atoms with E-state index in [9.17, 15) is 12.8 Å². The Morgan fingerprint density at radius 1 is 1.04 bits per heavy atom. The number of fused-ring (bicyclic) bond motifs is 1. The molecule has 142 valence electrons. The monoisotopic (exact) mass is 396 g/mol. The van der Waals surface area contributed by atoms with Crippen LogP contribution < -0.4 is 4.74 Å². The summed E-state index contributed by atoms with van der Waals surface area (Å²) < 4.78 is 44.3. The Labute approximate surface area is 162 Å². The topological polar surface area (TPSA) is 60.7 Å². The van der Waals surface area contributed by atoms with Gasteiger partial charge in [0.05, 0.1) is 23.9 Å². The van der Waals surface area contributed by atoms with Gasteiger partial charge in [-0.2, -0.15) is 0 Å². The van der Waals surface area contributed by atoms with Crippen LogP contribution in [0.2, 0.25) is 0 Å². The summed E-state index contributed by atoms with van der Waals surface area (Å²) in [7, 11) is -1.83. The number of halogens is 1. The van der Waals surface area contributed by atoms with Gasteiger partial charge < -0.3 is 4.74 Å². The second kappa shape index (κ2) is 6.76. The van der Waals surface area contributed by atoms with Gasteiger partial charge >= 0.3 is 0 Å². The van der Waals surface area contributed by atoms with Crippen LogP contribution in [0.15, 0.2) is 71.9 Å². The third-order valence-corrected chi connectivity index (χ3v) is 5.71. The average Bonchev–Trinajstić information content (AvgIpc) is 3.11. The zero-order chi connectivity index (χ0) is 19.9. The number of nitrogens with zero attached hydrogens (tertiary/aromatic N) is 2. The van der Waals surface area contributed by atoms with Crippen molar-refractivity contribution in [1.82, 2.24) is 9.38 Å². The number of sulfone groups is 1. The van der Waals surface area contributed by atoms with E-state index in [1.54, 1.807) is 42.6 Å². The fourth-order valence-corrected chi connectivity index (χ4v) is 3.79. The van der Waals surface area contributed by atoms with Crippen LogP contribution in [0.25, 0.3) is 28.0 Å². The lowest BCUT2D eigenvalue weighted by atomic mass is 10.1. The van der Waals surface area contributed by atoms with Crippen LogP contribution in [0.1, 0.15) is 0 Å². The highest BCUT2D eigenvalue weighted by molar-refractivity contribution is 7.90. The molecule has 0 saturated heterocycles. The van der Waals surface area contributed by atoms with E-state index in [2.05, 4.69) is 4.98 Å². The van der Waals surface area contributed by atoms with Crippen LogP contribution in [0.4, 0.5) is 4.39 Å². The zero-order valence-electron chi connectivity index (χ0n) is 15.3. The minimum Gasteiger partial charge on any atom is -0.494 e. The number of aromatic nitrogens is 2. The van der Waals surface area contributed by atoms with Crippen molar-refractivity contribution in [3.05, 3.63) is 72.8 Å². The summed E-state index contributed by atoms with van der Waals surface area (Å²) >= 11 is 0. The molecule has 0 aliphatic heterocycles. The van der Waals surface area contributed by atoms with E-state index in [1.807, 2.05) is 22.7 Å². The van der Waals surface area contributed by atoms with E-state index in [0.29, 0.717) is 11.2 Å². The molecule has 7 heteroatoms. The normalized spacial score (nSPS) is 11.7. The van der Waals surface area contributed by atoms with Gasteiger partial charge in [0.15, 0.2) is 21.4 Å². The molecule has 0 amide bonds. The SMILES string of the molecule is COc1ccc(-c2cccn3c(-c4ccc(S(C)(=O)=O)cc4)cnc23)cc1F. The fraction of sp³-hybridized carbons (Fsp3) is 0.0952. The molecule has 0 spiro atoms. The van der Waals surface area contributed by atoms with Crippen molar-refractivity contribution in [3.63, 3.8) is 0 Å².